The van der Waals surface area contributed by atoms with Crippen molar-refractivity contribution in [1.29, 1.82) is 0 Å². The van der Waals surface area contributed by atoms with Crippen LogP contribution in [0.3, 0.4) is 0 Å². The number of alkyl halides is 3. The van der Waals surface area contributed by atoms with E-state index >= 15 is 0 Å². The average molecular weight is 566 g/mol. The van der Waals surface area contributed by atoms with Crippen molar-refractivity contribution in [3.63, 3.8) is 0 Å². The Labute approximate surface area is 229 Å². The number of nitrogen functional groups attached to an aromatic ring is 1. The Morgan fingerprint density at radius 3 is 2.67 bits per heavy atom. The summed E-state index contributed by atoms with van der Waals surface area (Å²) in [6.07, 6.45) is -2.59. The molecule has 13 heteroatoms. The molecule has 0 radical (unpaired) electrons. The zero-order chi connectivity index (χ0) is 27.6. The van der Waals surface area contributed by atoms with Crippen molar-refractivity contribution >= 4 is 34.1 Å². The molecule has 0 aliphatic carbocycles. The van der Waals surface area contributed by atoms with Crippen molar-refractivity contribution in [1.82, 2.24) is 25.2 Å². The maximum absolute atomic E-state index is 13.8. The Balaban J connectivity index is 1.55. The second kappa shape index (κ2) is 11.7. The fourth-order valence-electron chi connectivity index (χ4n) is 5.14. The van der Waals surface area contributed by atoms with E-state index in [-0.39, 0.29) is 34.2 Å². The van der Waals surface area contributed by atoms with Gasteiger partial charge in [0.25, 0.3) is 0 Å². The van der Waals surface area contributed by atoms with Crippen LogP contribution in [0, 0.1) is 0 Å². The molecule has 2 aliphatic heterocycles. The van der Waals surface area contributed by atoms with E-state index in [4.69, 9.17) is 31.8 Å². The molecule has 0 saturated carbocycles. The van der Waals surface area contributed by atoms with Gasteiger partial charge in [-0.2, -0.15) is 23.1 Å². The van der Waals surface area contributed by atoms with Gasteiger partial charge in [-0.15, -0.1) is 0 Å². The molecule has 1 aromatic carbocycles. The number of hydrogen-bond acceptors (Lipinski definition) is 9. The molecule has 39 heavy (non-hydrogen) atoms. The highest BCUT2D eigenvalue weighted by Crippen LogP contribution is 2.41. The van der Waals surface area contributed by atoms with E-state index in [9.17, 15) is 13.2 Å². The van der Waals surface area contributed by atoms with Crippen molar-refractivity contribution in [3.05, 3.63) is 34.9 Å². The number of rotatable bonds is 8. The molecule has 0 amide bonds. The summed E-state index contributed by atoms with van der Waals surface area (Å²) >= 11 is 6.59. The molecule has 2 saturated heterocycles. The minimum absolute atomic E-state index is 0.0445. The van der Waals surface area contributed by atoms with E-state index in [2.05, 4.69) is 25.1 Å². The Bertz CT molecular complexity index is 1320. The number of halogens is 4. The molecule has 2 aliphatic rings. The SMILES string of the molecule is COCCN1CCC[C@H]1COc1nc(N2CCNCC2)c2cc(Cl)c(-c3nc(N)ccc3C(F)(F)F)cc2n1. The second-order valence-corrected chi connectivity index (χ2v) is 10.1. The molecule has 0 spiro atoms. The number of nitrogens with one attached hydrogen (secondary N) is 1. The predicted octanol–water partition coefficient (Wildman–Crippen LogP) is 3.85. The van der Waals surface area contributed by atoms with Gasteiger partial charge in [0.1, 0.15) is 18.2 Å². The number of piperazine rings is 1. The third-order valence-corrected chi connectivity index (χ3v) is 7.44. The van der Waals surface area contributed by atoms with Gasteiger partial charge in [0.05, 0.1) is 28.4 Å². The molecule has 210 valence electrons. The highest BCUT2D eigenvalue weighted by atomic mass is 35.5. The number of likely N-dealkylation sites (tertiary alicyclic amines) is 1. The minimum atomic E-state index is -4.64. The first-order valence-corrected chi connectivity index (χ1v) is 13.3. The number of fused-ring (bicyclic) bond motifs is 1. The molecule has 2 aromatic heterocycles. The van der Waals surface area contributed by atoms with Crippen molar-refractivity contribution in [2.24, 2.45) is 0 Å². The lowest BCUT2D eigenvalue weighted by Crippen LogP contribution is -2.44. The zero-order valence-electron chi connectivity index (χ0n) is 21.6. The van der Waals surface area contributed by atoms with Crippen LogP contribution < -0.4 is 20.7 Å². The van der Waals surface area contributed by atoms with E-state index in [0.717, 1.165) is 51.2 Å². The molecule has 0 unspecified atom stereocenters. The molecule has 2 fully saturated rings. The minimum Gasteiger partial charge on any atom is -0.462 e. The van der Waals surface area contributed by atoms with Crippen LogP contribution in [-0.2, 0) is 10.9 Å². The Morgan fingerprint density at radius 2 is 1.92 bits per heavy atom. The number of pyridine rings is 1. The van der Waals surface area contributed by atoms with Crippen LogP contribution in [0.1, 0.15) is 18.4 Å². The first kappa shape index (κ1) is 27.6. The van der Waals surface area contributed by atoms with Crippen molar-refractivity contribution in [3.8, 4) is 17.3 Å². The maximum Gasteiger partial charge on any atom is 0.418 e. The standard InChI is InChI=1S/C26H31ClF3N7O2/c1-38-12-11-36-8-2-3-16(36)15-39-25-33-21-14-17(23-19(26(28,29)30)4-5-22(31)34-23)20(27)13-18(21)24(35-25)37-9-6-32-7-10-37/h4-5,13-14,16,32H,2-3,6-12,15H2,1H3,(H2,31,34)/t16-/m0/s1. The normalized spacial score (nSPS) is 18.7. The van der Waals surface area contributed by atoms with Crippen LogP contribution in [0.25, 0.3) is 22.2 Å². The van der Waals surface area contributed by atoms with Gasteiger partial charge in [-0.3, -0.25) is 4.90 Å². The number of nitrogens with zero attached hydrogens (tertiary/aromatic N) is 5. The monoisotopic (exact) mass is 565 g/mol. The average Bonchev–Trinajstić information content (AvgIpc) is 3.37. The number of nitrogens with two attached hydrogens (primary N) is 1. The molecular weight excluding hydrogens is 535 g/mol. The summed E-state index contributed by atoms with van der Waals surface area (Å²) in [5.74, 6) is 0.584. The summed E-state index contributed by atoms with van der Waals surface area (Å²) < 4.78 is 52.9. The first-order chi connectivity index (χ1) is 18.7. The molecular formula is C26H31ClF3N7O2. The van der Waals surface area contributed by atoms with E-state index in [1.165, 1.54) is 6.07 Å². The van der Waals surface area contributed by atoms with Crippen LogP contribution in [0.2, 0.25) is 5.02 Å². The van der Waals surface area contributed by atoms with Crippen LogP contribution in [0.4, 0.5) is 24.8 Å². The molecule has 9 nitrogen and oxygen atoms in total. The number of hydrogen-bond donors (Lipinski definition) is 2. The fraction of sp³-hybridized carbons (Fsp3) is 0.500. The van der Waals surface area contributed by atoms with Crippen LogP contribution in [-0.4, -0.2) is 85.5 Å². The van der Waals surface area contributed by atoms with Gasteiger partial charge in [0.15, 0.2) is 0 Å². The Hall–Kier alpha value is -2.93. The summed E-state index contributed by atoms with van der Waals surface area (Å²) in [6.45, 7) is 5.76. The lowest BCUT2D eigenvalue weighted by Gasteiger charge is -2.29. The van der Waals surface area contributed by atoms with Gasteiger partial charge in [-0.25, -0.2) is 4.98 Å². The largest absolute Gasteiger partial charge is 0.462 e. The topological polar surface area (TPSA) is 102 Å². The highest BCUT2D eigenvalue weighted by Gasteiger charge is 2.35. The van der Waals surface area contributed by atoms with Crippen LogP contribution in [0.5, 0.6) is 6.01 Å². The summed E-state index contributed by atoms with van der Waals surface area (Å²) in [5.41, 5.74) is 4.98. The number of ether oxygens (including phenoxy) is 2. The van der Waals surface area contributed by atoms with E-state index in [0.29, 0.717) is 43.0 Å². The summed E-state index contributed by atoms with van der Waals surface area (Å²) in [4.78, 5) is 17.8. The quantitative estimate of drug-likeness (QED) is 0.422. The third kappa shape index (κ3) is 6.13. The van der Waals surface area contributed by atoms with E-state index < -0.39 is 11.7 Å². The molecule has 1 atom stereocenters. The van der Waals surface area contributed by atoms with Crippen molar-refractivity contribution in [2.45, 2.75) is 25.1 Å². The lowest BCUT2D eigenvalue weighted by molar-refractivity contribution is -0.137. The van der Waals surface area contributed by atoms with Crippen LogP contribution >= 0.6 is 11.6 Å². The smallest absolute Gasteiger partial charge is 0.418 e. The number of benzene rings is 1. The van der Waals surface area contributed by atoms with Gasteiger partial charge < -0.3 is 25.4 Å². The Kier molecular flexibility index (Phi) is 8.27. The molecule has 5 rings (SSSR count). The first-order valence-electron chi connectivity index (χ1n) is 12.9. The highest BCUT2D eigenvalue weighted by molar-refractivity contribution is 6.34. The van der Waals surface area contributed by atoms with Gasteiger partial charge in [0.2, 0.25) is 0 Å². The zero-order valence-corrected chi connectivity index (χ0v) is 22.4. The number of aromatic nitrogens is 3. The van der Waals surface area contributed by atoms with Gasteiger partial charge in [0, 0.05) is 56.8 Å². The predicted molar refractivity (Wildman–Crippen MR) is 144 cm³/mol. The van der Waals surface area contributed by atoms with Crippen molar-refractivity contribution < 1.29 is 22.6 Å². The van der Waals surface area contributed by atoms with E-state index in [1.807, 2.05) is 0 Å². The van der Waals surface area contributed by atoms with Gasteiger partial charge in [-0.1, -0.05) is 11.6 Å². The molecule has 4 heterocycles. The molecule has 0 bridgehead atoms. The summed E-state index contributed by atoms with van der Waals surface area (Å²) in [7, 11) is 1.68. The summed E-state index contributed by atoms with van der Waals surface area (Å²) in [5, 5.41) is 4.03. The van der Waals surface area contributed by atoms with E-state index in [1.54, 1.807) is 13.2 Å². The van der Waals surface area contributed by atoms with Crippen molar-refractivity contribution in [2.75, 3.05) is 70.2 Å². The maximum atomic E-state index is 13.8. The lowest BCUT2D eigenvalue weighted by atomic mass is 10.0. The second-order valence-electron chi connectivity index (χ2n) is 9.68. The number of methoxy groups -OCH3 is 1. The van der Waals surface area contributed by atoms with Gasteiger partial charge >= 0.3 is 12.2 Å². The molecule has 3 N–H and O–H groups in total. The third-order valence-electron chi connectivity index (χ3n) is 7.12. The number of anilines is 2. The van der Waals surface area contributed by atoms with Gasteiger partial charge in [-0.05, 0) is 43.7 Å². The van der Waals surface area contributed by atoms with Crippen LogP contribution in [0.15, 0.2) is 24.3 Å². The Morgan fingerprint density at radius 1 is 1.13 bits per heavy atom. The fourth-order valence-corrected chi connectivity index (χ4v) is 5.40. The molecule has 3 aromatic rings. The summed E-state index contributed by atoms with van der Waals surface area (Å²) in [6, 6.07) is 5.51.